The van der Waals surface area contributed by atoms with Crippen LogP contribution in [-0.2, 0) is 0 Å². The molecule has 0 saturated heterocycles. The van der Waals surface area contributed by atoms with Gasteiger partial charge in [-0.15, -0.1) is 11.8 Å². The highest BCUT2D eigenvalue weighted by Crippen LogP contribution is 2.29. The van der Waals surface area contributed by atoms with Gasteiger partial charge in [0.15, 0.2) is 0 Å². The van der Waals surface area contributed by atoms with Gasteiger partial charge in [0.05, 0.1) is 0 Å². The van der Waals surface area contributed by atoms with Crippen molar-refractivity contribution < 1.29 is 0 Å². The van der Waals surface area contributed by atoms with Crippen LogP contribution >= 0.6 is 11.8 Å². The van der Waals surface area contributed by atoms with Crippen LogP contribution in [0.1, 0.15) is 34.6 Å². The Hall–Kier alpha value is -0.0500. The maximum Gasteiger partial charge on any atom is 0.113 e. The summed E-state index contributed by atoms with van der Waals surface area (Å²) < 4.78 is 0. The molecule has 0 aromatic carbocycles. The second-order valence-electron chi connectivity index (χ2n) is 4.33. The van der Waals surface area contributed by atoms with Crippen molar-refractivity contribution in [3.05, 3.63) is 0 Å². The van der Waals surface area contributed by atoms with E-state index in [4.69, 9.17) is 5.53 Å². The lowest BCUT2D eigenvalue weighted by Gasteiger charge is -2.27. The Kier molecular flexibility index (Phi) is 4.83. The molecule has 2 nitrogen and oxygen atoms in total. The minimum Gasteiger partial charge on any atom is -0.209 e. The van der Waals surface area contributed by atoms with Crippen LogP contribution in [0.3, 0.4) is 0 Å². The zero-order valence-electron chi connectivity index (χ0n) is 8.72. The van der Waals surface area contributed by atoms with Crippen molar-refractivity contribution in [1.29, 1.82) is 5.53 Å². The average Bonchev–Trinajstić information content (AvgIpc) is 1.97. The average molecular weight is 188 g/mol. The molecule has 0 aromatic heterocycles. The van der Waals surface area contributed by atoms with Gasteiger partial charge in [-0.25, -0.2) is 5.53 Å². The minimum absolute atomic E-state index is 0.120. The van der Waals surface area contributed by atoms with Gasteiger partial charge in [0, 0.05) is 0 Å². The monoisotopic (exact) mass is 188 g/mol. The van der Waals surface area contributed by atoms with E-state index in [-0.39, 0.29) is 5.37 Å². The Morgan fingerprint density at radius 1 is 1.33 bits per heavy atom. The summed E-state index contributed by atoms with van der Waals surface area (Å²) >= 11 is 1.76. The summed E-state index contributed by atoms with van der Waals surface area (Å²) in [6, 6.07) is 0. The molecule has 0 bridgehead atoms. The largest absolute Gasteiger partial charge is 0.209 e. The summed E-state index contributed by atoms with van der Waals surface area (Å²) in [6.07, 6.45) is 0. The van der Waals surface area contributed by atoms with E-state index in [9.17, 15) is 0 Å². The van der Waals surface area contributed by atoms with Crippen molar-refractivity contribution in [2.75, 3.05) is 5.75 Å². The molecular formula is C9H20N2S. The maximum atomic E-state index is 6.81. The zero-order chi connectivity index (χ0) is 9.78. The first-order chi connectivity index (χ1) is 5.38. The van der Waals surface area contributed by atoms with Crippen molar-refractivity contribution in [2.45, 2.75) is 40.0 Å². The minimum atomic E-state index is 0.120. The lowest BCUT2D eigenvalue weighted by molar-refractivity contribution is 0.288. The summed E-state index contributed by atoms with van der Waals surface area (Å²) in [6.45, 7) is 11.0. The summed E-state index contributed by atoms with van der Waals surface area (Å²) in [5, 5.41) is 3.58. The molecule has 0 heterocycles. The van der Waals surface area contributed by atoms with Crippen molar-refractivity contribution in [2.24, 2.45) is 16.4 Å². The van der Waals surface area contributed by atoms with Gasteiger partial charge in [-0.3, -0.25) is 0 Å². The van der Waals surface area contributed by atoms with Crippen molar-refractivity contribution >= 4 is 11.8 Å². The predicted octanol–water partition coefficient (Wildman–Crippen LogP) is 3.78. The molecule has 12 heavy (non-hydrogen) atoms. The Bertz CT molecular complexity index is 140. The Morgan fingerprint density at radius 3 is 2.17 bits per heavy atom. The summed E-state index contributed by atoms with van der Waals surface area (Å²) in [4.78, 5) is 0. The third-order valence-corrected chi connectivity index (χ3v) is 3.53. The summed E-state index contributed by atoms with van der Waals surface area (Å²) in [7, 11) is 0. The molecule has 0 aliphatic carbocycles. The SMILES string of the molecule is CC(N=N)SC[C@H](C)C(C)(C)C. The first-order valence-electron chi connectivity index (χ1n) is 4.36. The van der Waals surface area contributed by atoms with Crippen LogP contribution in [0.15, 0.2) is 5.11 Å². The number of hydrogen-bond donors (Lipinski definition) is 1. The molecular weight excluding hydrogens is 168 g/mol. The number of rotatable bonds is 4. The van der Waals surface area contributed by atoms with Crippen LogP contribution in [0, 0.1) is 16.9 Å². The fourth-order valence-corrected chi connectivity index (χ4v) is 1.71. The van der Waals surface area contributed by atoms with Gasteiger partial charge in [-0.05, 0) is 24.0 Å². The number of hydrogen-bond acceptors (Lipinski definition) is 3. The smallest absolute Gasteiger partial charge is 0.113 e. The zero-order valence-corrected chi connectivity index (χ0v) is 9.53. The molecule has 1 unspecified atom stereocenters. The first kappa shape index (κ1) is 11.9. The lowest BCUT2D eigenvalue weighted by atomic mass is 9.83. The number of thioether (sulfide) groups is 1. The van der Waals surface area contributed by atoms with Gasteiger partial charge in [0.2, 0.25) is 0 Å². The molecule has 0 saturated carbocycles. The van der Waals surface area contributed by atoms with E-state index in [0.29, 0.717) is 11.3 Å². The van der Waals surface area contributed by atoms with Gasteiger partial charge in [0.1, 0.15) is 5.37 Å². The van der Waals surface area contributed by atoms with Crippen LogP contribution in [0.5, 0.6) is 0 Å². The Labute approximate surface area is 80.0 Å². The topological polar surface area (TPSA) is 36.2 Å². The van der Waals surface area contributed by atoms with E-state index >= 15 is 0 Å². The summed E-state index contributed by atoms with van der Waals surface area (Å²) in [5.74, 6) is 1.76. The van der Waals surface area contributed by atoms with Crippen LogP contribution in [0.25, 0.3) is 0 Å². The van der Waals surface area contributed by atoms with Gasteiger partial charge in [-0.2, -0.15) is 5.11 Å². The second kappa shape index (κ2) is 4.85. The highest BCUT2D eigenvalue weighted by Gasteiger charge is 2.20. The molecule has 0 radical (unpaired) electrons. The molecule has 0 aromatic rings. The van der Waals surface area contributed by atoms with Crippen LogP contribution in [0.2, 0.25) is 0 Å². The third-order valence-electron chi connectivity index (χ3n) is 2.25. The third kappa shape index (κ3) is 4.75. The van der Waals surface area contributed by atoms with Gasteiger partial charge >= 0.3 is 0 Å². The molecule has 72 valence electrons. The van der Waals surface area contributed by atoms with E-state index in [2.05, 4.69) is 32.8 Å². The summed E-state index contributed by atoms with van der Waals surface area (Å²) in [5.41, 5.74) is 7.18. The Morgan fingerprint density at radius 2 is 1.83 bits per heavy atom. The molecule has 3 heteroatoms. The van der Waals surface area contributed by atoms with Crippen LogP contribution in [0.4, 0.5) is 0 Å². The second-order valence-corrected chi connectivity index (χ2v) is 5.68. The van der Waals surface area contributed by atoms with Gasteiger partial charge in [0.25, 0.3) is 0 Å². The molecule has 2 atom stereocenters. The highest BCUT2D eigenvalue weighted by molar-refractivity contribution is 7.99. The molecule has 0 aliphatic rings. The first-order valence-corrected chi connectivity index (χ1v) is 5.41. The van der Waals surface area contributed by atoms with Gasteiger partial charge < -0.3 is 0 Å². The van der Waals surface area contributed by atoms with E-state index in [1.165, 1.54) is 0 Å². The van der Waals surface area contributed by atoms with E-state index in [0.717, 1.165) is 5.75 Å². The standard InChI is InChI=1S/C9H20N2S/c1-7(9(3,4)5)6-12-8(2)11-10/h7-8,10H,6H2,1-5H3/t7-,8?/m0/s1. The molecule has 0 fully saturated rings. The van der Waals surface area contributed by atoms with E-state index < -0.39 is 0 Å². The molecule has 0 aliphatic heterocycles. The number of nitrogens with zero attached hydrogens (tertiary/aromatic N) is 1. The number of nitrogens with one attached hydrogen (secondary N) is 1. The van der Waals surface area contributed by atoms with Crippen molar-refractivity contribution in [3.63, 3.8) is 0 Å². The molecule has 0 spiro atoms. The normalized spacial score (nSPS) is 17.1. The van der Waals surface area contributed by atoms with Gasteiger partial charge in [-0.1, -0.05) is 27.7 Å². The molecule has 0 amide bonds. The maximum absolute atomic E-state index is 6.81. The Balaban J connectivity index is 3.71. The lowest BCUT2D eigenvalue weighted by Crippen LogP contribution is -2.20. The van der Waals surface area contributed by atoms with E-state index in [1.54, 1.807) is 11.8 Å². The van der Waals surface area contributed by atoms with E-state index in [1.807, 2.05) is 6.92 Å². The highest BCUT2D eigenvalue weighted by atomic mass is 32.2. The molecule has 1 N–H and O–H groups in total. The van der Waals surface area contributed by atoms with Crippen molar-refractivity contribution in [1.82, 2.24) is 0 Å². The van der Waals surface area contributed by atoms with Crippen LogP contribution in [-0.4, -0.2) is 11.1 Å². The quantitative estimate of drug-likeness (QED) is 0.670. The predicted molar refractivity (Wildman–Crippen MR) is 55.7 cm³/mol. The molecule has 0 rings (SSSR count). The van der Waals surface area contributed by atoms with Crippen molar-refractivity contribution in [3.8, 4) is 0 Å². The fraction of sp³-hybridized carbons (Fsp3) is 1.00. The van der Waals surface area contributed by atoms with Crippen LogP contribution < -0.4 is 0 Å². The fourth-order valence-electron chi connectivity index (χ4n) is 0.571.